The van der Waals surface area contributed by atoms with Crippen LogP contribution in [0.4, 0.5) is 0 Å². The summed E-state index contributed by atoms with van der Waals surface area (Å²) < 4.78 is 6.47. The van der Waals surface area contributed by atoms with Crippen molar-refractivity contribution in [1.82, 2.24) is 15.0 Å². The van der Waals surface area contributed by atoms with Gasteiger partial charge in [-0.2, -0.15) is 0 Å². The molecule has 0 aliphatic rings. The van der Waals surface area contributed by atoms with E-state index in [-0.39, 0.29) is 0 Å². The predicted molar refractivity (Wildman–Crippen MR) is 251 cm³/mol. The quantitative estimate of drug-likeness (QED) is 0.154. The molecule has 0 N–H and O–H groups in total. The molecule has 2 heterocycles. The van der Waals surface area contributed by atoms with Gasteiger partial charge in [0.05, 0.1) is 0 Å². The van der Waals surface area contributed by atoms with E-state index in [1.807, 2.05) is 42.5 Å². The lowest BCUT2D eigenvalue weighted by Crippen LogP contribution is -2.00. The van der Waals surface area contributed by atoms with Crippen LogP contribution in [-0.2, 0) is 0 Å². The molecular weight excluding hydrogens is 743 g/mol. The van der Waals surface area contributed by atoms with Crippen LogP contribution < -0.4 is 0 Å². The van der Waals surface area contributed by atoms with Crippen molar-refractivity contribution in [3.8, 4) is 89.8 Å². The van der Waals surface area contributed by atoms with Crippen LogP contribution in [0.5, 0.6) is 0 Å². The van der Waals surface area contributed by atoms with E-state index in [0.717, 1.165) is 60.9 Å². The first-order valence-electron chi connectivity index (χ1n) is 20.5. The van der Waals surface area contributed by atoms with E-state index < -0.39 is 0 Å². The zero-order valence-corrected chi connectivity index (χ0v) is 33.1. The predicted octanol–water partition coefficient (Wildman–Crippen LogP) is 15.1. The maximum atomic E-state index is 6.47. The largest absolute Gasteiger partial charge is 0.456 e. The lowest BCUT2D eigenvalue weighted by molar-refractivity contribution is 0.669. The SMILES string of the molecule is c1ccc(-c2ccc(-c3ccc4oc5cc(-c6nc(-c7ccccc7)nc(-c7ccc(-c8cc(-c9ccccc9)cc(-c9ccccc9)c8)cc7)n6)ccc5c4c3)cc2)cc1. The van der Waals surface area contributed by atoms with Crippen molar-refractivity contribution >= 4 is 21.9 Å². The molecule has 2 aromatic heterocycles. The summed E-state index contributed by atoms with van der Waals surface area (Å²) in [6.45, 7) is 0. The van der Waals surface area contributed by atoms with E-state index in [9.17, 15) is 0 Å². The van der Waals surface area contributed by atoms with Crippen LogP contribution in [0.2, 0.25) is 0 Å². The normalized spacial score (nSPS) is 11.3. The van der Waals surface area contributed by atoms with Gasteiger partial charge in [-0.25, -0.2) is 15.0 Å². The van der Waals surface area contributed by atoms with Crippen LogP contribution in [0.3, 0.4) is 0 Å². The monoisotopic (exact) mass is 779 g/mol. The second kappa shape index (κ2) is 15.5. The molecule has 4 heteroatoms. The molecular formula is C57H37N3O. The van der Waals surface area contributed by atoms with Crippen LogP contribution in [0.1, 0.15) is 0 Å². The summed E-state index contributed by atoms with van der Waals surface area (Å²) in [4.78, 5) is 15.1. The van der Waals surface area contributed by atoms with Gasteiger partial charge in [-0.1, -0.05) is 182 Å². The van der Waals surface area contributed by atoms with Crippen molar-refractivity contribution in [3.63, 3.8) is 0 Å². The molecule has 0 amide bonds. The van der Waals surface area contributed by atoms with E-state index >= 15 is 0 Å². The molecule has 4 nitrogen and oxygen atoms in total. The topological polar surface area (TPSA) is 51.8 Å². The molecule has 0 saturated carbocycles. The van der Waals surface area contributed by atoms with E-state index in [0.29, 0.717) is 17.5 Å². The van der Waals surface area contributed by atoms with Crippen LogP contribution in [0, 0.1) is 0 Å². The standard InChI is InChI=1S/C57H37N3O/c1-5-13-38(14-6-1)41-21-23-42(24-22-41)46-30-32-53-52(36-46)51-31-29-47(37-54(51)61-53)57-59-55(44-19-11-4-12-20-44)58-56(60-57)45-27-25-43(26-28-45)50-34-48(39-15-7-2-8-16-39)33-49(35-50)40-17-9-3-10-18-40/h1-37H. The number of nitrogens with zero attached hydrogens (tertiary/aromatic N) is 3. The summed E-state index contributed by atoms with van der Waals surface area (Å²) >= 11 is 0. The minimum atomic E-state index is 0.581. The number of rotatable bonds is 8. The summed E-state index contributed by atoms with van der Waals surface area (Å²) in [5, 5.41) is 2.11. The van der Waals surface area contributed by atoms with Gasteiger partial charge in [0, 0.05) is 27.5 Å². The average molecular weight is 780 g/mol. The van der Waals surface area contributed by atoms with E-state index in [1.54, 1.807) is 0 Å². The van der Waals surface area contributed by atoms with Crippen molar-refractivity contribution < 1.29 is 4.42 Å². The Bertz CT molecular complexity index is 3250. The van der Waals surface area contributed by atoms with Gasteiger partial charge < -0.3 is 4.42 Å². The number of furan rings is 1. The molecule has 9 aromatic carbocycles. The average Bonchev–Trinajstić information content (AvgIpc) is 3.72. The third kappa shape index (κ3) is 7.17. The molecule has 0 saturated heterocycles. The van der Waals surface area contributed by atoms with E-state index in [1.165, 1.54) is 33.4 Å². The fourth-order valence-electron chi connectivity index (χ4n) is 8.13. The molecule has 0 spiro atoms. The van der Waals surface area contributed by atoms with Crippen molar-refractivity contribution in [3.05, 3.63) is 224 Å². The first-order valence-corrected chi connectivity index (χ1v) is 20.5. The number of fused-ring (bicyclic) bond motifs is 3. The Morgan fingerprint density at radius 1 is 0.213 bits per heavy atom. The third-order valence-corrected chi connectivity index (χ3v) is 11.3. The molecule has 61 heavy (non-hydrogen) atoms. The molecule has 0 aliphatic heterocycles. The third-order valence-electron chi connectivity index (χ3n) is 11.3. The molecule has 286 valence electrons. The number of hydrogen-bond donors (Lipinski definition) is 0. The molecule has 11 aromatic rings. The van der Waals surface area contributed by atoms with E-state index in [4.69, 9.17) is 19.4 Å². The lowest BCUT2D eigenvalue weighted by atomic mass is 9.93. The lowest BCUT2D eigenvalue weighted by Gasteiger charge is -2.12. The maximum absolute atomic E-state index is 6.47. The van der Waals surface area contributed by atoms with Crippen molar-refractivity contribution in [2.75, 3.05) is 0 Å². The zero-order chi connectivity index (χ0) is 40.5. The minimum Gasteiger partial charge on any atom is -0.456 e. The van der Waals surface area contributed by atoms with Gasteiger partial charge in [0.15, 0.2) is 17.5 Å². The molecule has 0 aliphatic carbocycles. The summed E-state index contributed by atoms with van der Waals surface area (Å²) in [6, 6.07) is 78.4. The molecule has 0 fully saturated rings. The molecule has 0 atom stereocenters. The first-order chi connectivity index (χ1) is 30.2. The van der Waals surface area contributed by atoms with Gasteiger partial charge in [-0.05, 0) is 98.1 Å². The van der Waals surface area contributed by atoms with Crippen LogP contribution >= 0.6 is 0 Å². The smallest absolute Gasteiger partial charge is 0.164 e. The minimum absolute atomic E-state index is 0.581. The second-order valence-electron chi connectivity index (χ2n) is 15.2. The zero-order valence-electron chi connectivity index (χ0n) is 33.1. The molecule has 0 bridgehead atoms. The van der Waals surface area contributed by atoms with Crippen LogP contribution in [0.15, 0.2) is 229 Å². The molecule has 0 unspecified atom stereocenters. The Hall–Kier alpha value is -8.21. The summed E-state index contributed by atoms with van der Waals surface area (Å²) in [7, 11) is 0. The fourth-order valence-corrected chi connectivity index (χ4v) is 8.13. The number of benzene rings is 9. The Balaban J connectivity index is 0.949. The second-order valence-corrected chi connectivity index (χ2v) is 15.2. The highest BCUT2D eigenvalue weighted by atomic mass is 16.3. The fraction of sp³-hybridized carbons (Fsp3) is 0. The highest BCUT2D eigenvalue weighted by Gasteiger charge is 2.16. The maximum Gasteiger partial charge on any atom is 0.164 e. The summed E-state index contributed by atoms with van der Waals surface area (Å²) in [5.41, 5.74) is 16.0. The van der Waals surface area contributed by atoms with Gasteiger partial charge in [0.25, 0.3) is 0 Å². The van der Waals surface area contributed by atoms with Gasteiger partial charge in [0.1, 0.15) is 11.2 Å². The van der Waals surface area contributed by atoms with Gasteiger partial charge >= 0.3 is 0 Å². The van der Waals surface area contributed by atoms with Gasteiger partial charge in [-0.15, -0.1) is 0 Å². The van der Waals surface area contributed by atoms with Crippen molar-refractivity contribution in [1.29, 1.82) is 0 Å². The number of aromatic nitrogens is 3. The highest BCUT2D eigenvalue weighted by Crippen LogP contribution is 2.37. The van der Waals surface area contributed by atoms with Crippen molar-refractivity contribution in [2.45, 2.75) is 0 Å². The summed E-state index contributed by atoms with van der Waals surface area (Å²) in [5.74, 6) is 1.80. The Kier molecular flexibility index (Phi) is 9.14. The highest BCUT2D eigenvalue weighted by molar-refractivity contribution is 6.07. The Morgan fingerprint density at radius 3 is 1.07 bits per heavy atom. The first kappa shape index (κ1) is 35.9. The Labute approximate surface area is 354 Å². The number of hydrogen-bond acceptors (Lipinski definition) is 4. The van der Waals surface area contributed by atoms with Crippen molar-refractivity contribution in [2.24, 2.45) is 0 Å². The Morgan fingerprint density at radius 2 is 0.557 bits per heavy atom. The van der Waals surface area contributed by atoms with Crippen LogP contribution in [0.25, 0.3) is 112 Å². The van der Waals surface area contributed by atoms with Gasteiger partial charge in [0.2, 0.25) is 0 Å². The molecule has 0 radical (unpaired) electrons. The van der Waals surface area contributed by atoms with Gasteiger partial charge in [-0.3, -0.25) is 0 Å². The van der Waals surface area contributed by atoms with E-state index in [2.05, 4.69) is 182 Å². The van der Waals surface area contributed by atoms with Crippen LogP contribution in [-0.4, -0.2) is 15.0 Å². The molecule has 11 rings (SSSR count). The summed E-state index contributed by atoms with van der Waals surface area (Å²) in [6.07, 6.45) is 0.